The van der Waals surface area contributed by atoms with E-state index in [-0.39, 0.29) is 18.1 Å². The van der Waals surface area contributed by atoms with Gasteiger partial charge >= 0.3 is 5.97 Å². The van der Waals surface area contributed by atoms with Crippen LogP contribution in [0.15, 0.2) is 50.5 Å². The molecule has 0 saturated carbocycles. The summed E-state index contributed by atoms with van der Waals surface area (Å²) in [5, 5.41) is 10.2. The lowest BCUT2D eigenvalue weighted by Gasteiger charge is -2.18. The fourth-order valence-corrected chi connectivity index (χ4v) is 3.51. The van der Waals surface area contributed by atoms with Crippen LogP contribution in [-0.2, 0) is 15.3 Å². The number of carbonyl (C=O) groups excluding carboxylic acids is 1. The van der Waals surface area contributed by atoms with E-state index in [1.165, 1.54) is 24.9 Å². The molecule has 1 N–H and O–H groups in total. The molecule has 1 heterocycles. The summed E-state index contributed by atoms with van der Waals surface area (Å²) >= 11 is 1.53. The molecule has 0 aliphatic rings. The van der Waals surface area contributed by atoms with Gasteiger partial charge in [0.2, 0.25) is 11.2 Å². The molecular weight excluding hydrogens is 352 g/mol. The van der Waals surface area contributed by atoms with Crippen molar-refractivity contribution in [2.45, 2.75) is 43.3 Å². The van der Waals surface area contributed by atoms with Gasteiger partial charge in [0, 0.05) is 16.9 Å². The monoisotopic (exact) mass is 376 g/mol. The lowest BCUT2D eigenvalue weighted by atomic mass is 9.91. The molecule has 0 amide bonds. The van der Waals surface area contributed by atoms with Crippen LogP contribution in [0.25, 0.3) is 0 Å². The Kier molecular flexibility index (Phi) is 7.33. The third-order valence-corrected chi connectivity index (χ3v) is 4.93. The van der Waals surface area contributed by atoms with Crippen molar-refractivity contribution in [3.63, 3.8) is 0 Å². The summed E-state index contributed by atoms with van der Waals surface area (Å²) in [6.07, 6.45) is 0.654. The Hall–Kier alpha value is -2.21. The highest BCUT2D eigenvalue weighted by Crippen LogP contribution is 2.33. The van der Waals surface area contributed by atoms with E-state index in [0.29, 0.717) is 17.9 Å². The number of rotatable bonds is 8. The van der Waals surface area contributed by atoms with E-state index >= 15 is 0 Å². The van der Waals surface area contributed by atoms with Crippen LogP contribution in [0.3, 0.4) is 0 Å². The zero-order valence-electron chi connectivity index (χ0n) is 15.2. The van der Waals surface area contributed by atoms with Gasteiger partial charge in [-0.15, -0.1) is 11.8 Å². The van der Waals surface area contributed by atoms with Crippen molar-refractivity contribution < 1.29 is 19.1 Å². The van der Waals surface area contributed by atoms with Gasteiger partial charge in [-0.1, -0.05) is 32.0 Å². The van der Waals surface area contributed by atoms with Crippen LogP contribution in [-0.4, -0.2) is 18.2 Å². The average Bonchev–Trinajstić information content (AvgIpc) is 2.62. The van der Waals surface area contributed by atoms with Crippen LogP contribution in [0.4, 0.5) is 0 Å². The predicted octanol–water partition coefficient (Wildman–Crippen LogP) is 4.33. The average molecular weight is 376 g/mol. The summed E-state index contributed by atoms with van der Waals surface area (Å²) in [5.41, 5.74) is -0.492. The Labute approximate surface area is 157 Å². The summed E-state index contributed by atoms with van der Waals surface area (Å²) in [6, 6.07) is 11.1. The van der Waals surface area contributed by atoms with E-state index in [1.54, 1.807) is 0 Å². The molecule has 26 heavy (non-hydrogen) atoms. The van der Waals surface area contributed by atoms with E-state index in [4.69, 9.17) is 9.15 Å². The largest absolute Gasteiger partial charge is 0.502 e. The maximum absolute atomic E-state index is 12.2. The molecule has 0 aliphatic carbocycles. The molecule has 0 spiro atoms. The summed E-state index contributed by atoms with van der Waals surface area (Å²) < 4.78 is 10.6. The van der Waals surface area contributed by atoms with Crippen LogP contribution in [0, 0.1) is 5.92 Å². The zero-order chi connectivity index (χ0) is 19.1. The van der Waals surface area contributed by atoms with Gasteiger partial charge < -0.3 is 14.3 Å². The van der Waals surface area contributed by atoms with Crippen molar-refractivity contribution >= 4 is 17.7 Å². The maximum Gasteiger partial charge on any atom is 0.306 e. The van der Waals surface area contributed by atoms with Gasteiger partial charge in [-0.05, 0) is 24.5 Å². The standard InChI is InChI=1S/C20H24O5S/c1-13(2)9-14(10-18(22)24-3)20-19(23)17(21)11-15(25-20)12-26-16-7-5-4-6-8-16/h4-8,11,13-14,23H,9-10,12H2,1-3H3/t14-/m0/s1. The molecule has 6 heteroatoms. The number of hydrogen-bond donors (Lipinski definition) is 1. The highest BCUT2D eigenvalue weighted by Gasteiger charge is 2.25. The second-order valence-corrected chi connectivity index (χ2v) is 7.55. The number of benzene rings is 1. The van der Waals surface area contributed by atoms with Gasteiger partial charge in [0.25, 0.3) is 0 Å². The summed E-state index contributed by atoms with van der Waals surface area (Å²) in [7, 11) is 1.32. The first-order valence-corrected chi connectivity index (χ1v) is 9.49. The van der Waals surface area contributed by atoms with Gasteiger partial charge in [0.1, 0.15) is 5.76 Å². The highest BCUT2D eigenvalue weighted by molar-refractivity contribution is 7.98. The molecule has 0 aliphatic heterocycles. The van der Waals surface area contributed by atoms with Crippen molar-refractivity contribution in [2.75, 3.05) is 7.11 Å². The summed E-state index contributed by atoms with van der Waals surface area (Å²) in [6.45, 7) is 4.02. The number of aromatic hydroxyl groups is 1. The van der Waals surface area contributed by atoms with Crippen molar-refractivity contribution in [2.24, 2.45) is 5.92 Å². The molecule has 0 saturated heterocycles. The van der Waals surface area contributed by atoms with E-state index in [1.807, 2.05) is 44.2 Å². The quantitative estimate of drug-likeness (QED) is 0.546. The molecule has 0 radical (unpaired) electrons. The molecule has 2 rings (SSSR count). The van der Waals surface area contributed by atoms with E-state index in [2.05, 4.69) is 0 Å². The fraction of sp³-hybridized carbons (Fsp3) is 0.400. The zero-order valence-corrected chi connectivity index (χ0v) is 16.0. The van der Waals surface area contributed by atoms with Gasteiger partial charge in [-0.3, -0.25) is 9.59 Å². The minimum atomic E-state index is -0.492. The molecule has 0 unspecified atom stereocenters. The Balaban J connectivity index is 2.28. The van der Waals surface area contributed by atoms with Crippen molar-refractivity contribution in [3.8, 4) is 5.75 Å². The van der Waals surface area contributed by atoms with Crippen molar-refractivity contribution in [1.29, 1.82) is 0 Å². The van der Waals surface area contributed by atoms with E-state index in [9.17, 15) is 14.7 Å². The number of thioether (sulfide) groups is 1. The lowest BCUT2D eigenvalue weighted by Crippen LogP contribution is -2.14. The SMILES string of the molecule is COC(=O)C[C@H](CC(C)C)c1oc(CSc2ccccc2)cc(=O)c1O. The minimum absolute atomic E-state index is 0.0560. The molecule has 140 valence electrons. The number of carbonyl (C=O) groups is 1. The topological polar surface area (TPSA) is 76.7 Å². The Morgan fingerprint density at radius 3 is 2.58 bits per heavy atom. The number of methoxy groups -OCH3 is 1. The van der Waals surface area contributed by atoms with E-state index in [0.717, 1.165) is 4.90 Å². The number of hydrogen-bond acceptors (Lipinski definition) is 6. The van der Waals surface area contributed by atoms with Crippen LogP contribution in [0.5, 0.6) is 5.75 Å². The Morgan fingerprint density at radius 2 is 1.96 bits per heavy atom. The molecule has 5 nitrogen and oxygen atoms in total. The van der Waals surface area contributed by atoms with Crippen molar-refractivity contribution in [3.05, 3.63) is 58.1 Å². The molecule has 1 aromatic heterocycles. The third kappa shape index (κ3) is 5.66. The van der Waals surface area contributed by atoms with Crippen LogP contribution >= 0.6 is 11.8 Å². The third-order valence-electron chi connectivity index (χ3n) is 3.89. The Bertz CT molecular complexity index is 783. The highest BCUT2D eigenvalue weighted by atomic mass is 32.2. The lowest BCUT2D eigenvalue weighted by molar-refractivity contribution is -0.141. The predicted molar refractivity (Wildman–Crippen MR) is 101 cm³/mol. The van der Waals surface area contributed by atoms with Gasteiger partial charge in [-0.25, -0.2) is 0 Å². The molecule has 1 aromatic carbocycles. The number of esters is 1. The van der Waals surface area contributed by atoms with Gasteiger partial charge in [0.05, 0.1) is 19.3 Å². The van der Waals surface area contributed by atoms with Crippen molar-refractivity contribution in [1.82, 2.24) is 0 Å². The maximum atomic E-state index is 12.2. The molecule has 1 atom stereocenters. The summed E-state index contributed by atoms with van der Waals surface area (Å²) in [4.78, 5) is 25.0. The Morgan fingerprint density at radius 1 is 1.27 bits per heavy atom. The molecular formula is C20H24O5S. The first-order chi connectivity index (χ1) is 12.4. The van der Waals surface area contributed by atoms with Crippen LogP contribution in [0.1, 0.15) is 44.1 Å². The number of ether oxygens (including phenoxy) is 1. The second kappa shape index (κ2) is 9.48. The minimum Gasteiger partial charge on any atom is -0.502 e. The molecule has 0 fully saturated rings. The first-order valence-electron chi connectivity index (χ1n) is 8.51. The first kappa shape index (κ1) is 20.1. The van der Waals surface area contributed by atoms with Crippen LogP contribution in [0.2, 0.25) is 0 Å². The van der Waals surface area contributed by atoms with Gasteiger partial charge in [-0.2, -0.15) is 0 Å². The normalized spacial score (nSPS) is 12.2. The second-order valence-electron chi connectivity index (χ2n) is 6.50. The molecule has 2 aromatic rings. The molecule has 0 bridgehead atoms. The van der Waals surface area contributed by atoms with Crippen LogP contribution < -0.4 is 5.43 Å². The summed E-state index contributed by atoms with van der Waals surface area (Å²) in [5.74, 6) is 0.123. The fourth-order valence-electron chi connectivity index (χ4n) is 2.71. The smallest absolute Gasteiger partial charge is 0.306 e. The van der Waals surface area contributed by atoms with Gasteiger partial charge in [0.15, 0.2) is 5.76 Å². The van der Waals surface area contributed by atoms with E-state index < -0.39 is 23.1 Å².